The number of nitrogens with one attached hydrogen (secondary N) is 1. The summed E-state index contributed by atoms with van der Waals surface area (Å²) in [5.74, 6) is -0.357. The highest BCUT2D eigenvalue weighted by atomic mass is 16.4. The van der Waals surface area contributed by atoms with Crippen molar-refractivity contribution in [3.63, 3.8) is 0 Å². The maximum absolute atomic E-state index is 10.8. The van der Waals surface area contributed by atoms with Crippen molar-refractivity contribution in [1.29, 1.82) is 0 Å². The van der Waals surface area contributed by atoms with Crippen LogP contribution in [0.2, 0.25) is 0 Å². The smallest absolute Gasteiger partial charge is 0.217 e. The first-order chi connectivity index (χ1) is 7.90. The average molecular weight is 250 g/mol. The van der Waals surface area contributed by atoms with Crippen LogP contribution in [0.25, 0.3) is 0 Å². The highest BCUT2D eigenvalue weighted by Gasteiger charge is 2.46. The second kappa shape index (κ2) is 5.71. The van der Waals surface area contributed by atoms with Crippen molar-refractivity contribution in [2.45, 2.75) is 37.5 Å². The Labute approximate surface area is 98.1 Å². The lowest BCUT2D eigenvalue weighted by atomic mass is 9.93. The van der Waals surface area contributed by atoms with Crippen LogP contribution >= 0.6 is 0 Å². The van der Waals surface area contributed by atoms with E-state index in [1.807, 2.05) is 0 Å². The minimum absolute atomic E-state index is 0.150. The summed E-state index contributed by atoms with van der Waals surface area (Å²) in [7, 11) is 0. The molecule has 0 radical (unpaired) electrons. The van der Waals surface area contributed by atoms with Crippen molar-refractivity contribution in [2.24, 2.45) is 0 Å². The number of aliphatic hydroxyl groups excluding tert-OH is 5. The van der Waals surface area contributed by atoms with E-state index in [-0.39, 0.29) is 12.6 Å². The van der Waals surface area contributed by atoms with Gasteiger partial charge in [0.25, 0.3) is 0 Å². The van der Waals surface area contributed by atoms with E-state index in [2.05, 4.69) is 5.32 Å². The molecule has 0 aromatic carbocycles. The second-order valence-corrected chi connectivity index (χ2v) is 4.04. The van der Waals surface area contributed by atoms with Crippen LogP contribution in [0, 0.1) is 0 Å². The Balaban J connectivity index is 2.78. The number of piperidine rings is 1. The van der Waals surface area contributed by atoms with Gasteiger partial charge in [0, 0.05) is 6.92 Å². The fourth-order valence-electron chi connectivity index (χ4n) is 1.82. The van der Waals surface area contributed by atoms with Gasteiger partial charge in [0.05, 0.1) is 19.3 Å². The third kappa shape index (κ3) is 2.92. The quantitative estimate of drug-likeness (QED) is 0.302. The third-order valence-electron chi connectivity index (χ3n) is 2.86. The Bertz CT molecular complexity index is 276. The van der Waals surface area contributed by atoms with Crippen molar-refractivity contribution >= 4 is 5.91 Å². The fourth-order valence-corrected chi connectivity index (χ4v) is 1.82. The van der Waals surface area contributed by atoms with Crippen LogP contribution in [-0.4, -0.2) is 80.2 Å². The molecule has 1 aliphatic heterocycles. The number of hydrogen-bond acceptors (Lipinski definition) is 7. The summed E-state index contributed by atoms with van der Waals surface area (Å²) in [5.41, 5.74) is 0. The molecule has 0 aromatic rings. The number of carbonyl (C=O) groups is 1. The zero-order valence-electron chi connectivity index (χ0n) is 9.39. The van der Waals surface area contributed by atoms with Gasteiger partial charge in [0.15, 0.2) is 0 Å². The van der Waals surface area contributed by atoms with Gasteiger partial charge in [-0.05, 0) is 0 Å². The van der Waals surface area contributed by atoms with Gasteiger partial charge in [-0.3, -0.25) is 9.69 Å². The lowest BCUT2D eigenvalue weighted by molar-refractivity contribution is -0.224. The topological polar surface area (TPSA) is 133 Å². The summed E-state index contributed by atoms with van der Waals surface area (Å²) in [5, 5.41) is 49.7. The van der Waals surface area contributed by atoms with E-state index in [1.165, 1.54) is 6.92 Å². The van der Waals surface area contributed by atoms with Crippen LogP contribution in [0.5, 0.6) is 0 Å². The lowest BCUT2D eigenvalue weighted by Gasteiger charge is -2.46. The first-order valence-corrected chi connectivity index (χ1v) is 5.23. The maximum atomic E-state index is 10.8. The molecular weight excluding hydrogens is 232 g/mol. The molecule has 0 bridgehead atoms. The average Bonchev–Trinajstić information content (AvgIpc) is 2.29. The van der Waals surface area contributed by atoms with Crippen LogP contribution in [0.3, 0.4) is 0 Å². The van der Waals surface area contributed by atoms with E-state index in [4.69, 9.17) is 5.11 Å². The van der Waals surface area contributed by atoms with Gasteiger partial charge in [0.1, 0.15) is 24.5 Å². The number of carbonyl (C=O) groups excluding carboxylic acids is 1. The summed E-state index contributed by atoms with van der Waals surface area (Å²) in [4.78, 5) is 11.9. The molecule has 1 rings (SSSR count). The molecule has 0 aliphatic carbocycles. The minimum Gasteiger partial charge on any atom is -0.395 e. The monoisotopic (exact) mass is 250 g/mol. The predicted molar refractivity (Wildman–Crippen MR) is 55.4 cm³/mol. The van der Waals surface area contributed by atoms with Crippen molar-refractivity contribution in [3.8, 4) is 0 Å². The number of hydrogen-bond donors (Lipinski definition) is 6. The van der Waals surface area contributed by atoms with E-state index < -0.39 is 37.2 Å². The molecule has 100 valence electrons. The van der Waals surface area contributed by atoms with Crippen molar-refractivity contribution in [2.75, 3.05) is 13.3 Å². The van der Waals surface area contributed by atoms with E-state index in [0.29, 0.717) is 0 Å². The highest BCUT2D eigenvalue weighted by molar-refractivity contribution is 5.72. The number of nitrogens with zero attached hydrogens (tertiary/aromatic N) is 1. The number of rotatable bonds is 3. The fraction of sp³-hybridized carbons (Fsp3) is 0.889. The Morgan fingerprint density at radius 2 is 1.76 bits per heavy atom. The minimum atomic E-state index is -1.57. The zero-order chi connectivity index (χ0) is 13.2. The first kappa shape index (κ1) is 14.3. The van der Waals surface area contributed by atoms with Crippen molar-refractivity contribution < 1.29 is 30.3 Å². The van der Waals surface area contributed by atoms with Crippen LogP contribution in [0.4, 0.5) is 0 Å². The van der Waals surface area contributed by atoms with Crippen LogP contribution in [-0.2, 0) is 4.79 Å². The molecule has 1 heterocycles. The van der Waals surface area contributed by atoms with Gasteiger partial charge in [-0.15, -0.1) is 0 Å². The Morgan fingerprint density at radius 3 is 2.24 bits per heavy atom. The van der Waals surface area contributed by atoms with Gasteiger partial charge >= 0.3 is 0 Å². The SMILES string of the molecule is CC(=O)NCN1C(O)[C@H](O)[C@@H](O)[C@H](O)[C@H]1CO. The van der Waals surface area contributed by atoms with Gasteiger partial charge < -0.3 is 30.8 Å². The largest absolute Gasteiger partial charge is 0.395 e. The molecular formula is C9H18N2O6. The van der Waals surface area contributed by atoms with Gasteiger partial charge in [-0.2, -0.15) is 0 Å². The highest BCUT2D eigenvalue weighted by Crippen LogP contribution is 2.22. The molecule has 0 saturated carbocycles. The molecule has 1 saturated heterocycles. The predicted octanol–water partition coefficient (Wildman–Crippen LogP) is -3.84. The Hall–Kier alpha value is -0.770. The third-order valence-corrected chi connectivity index (χ3v) is 2.86. The summed E-state index contributed by atoms with van der Waals surface area (Å²) >= 11 is 0. The van der Waals surface area contributed by atoms with Crippen LogP contribution in [0.1, 0.15) is 6.92 Å². The Kier molecular flexibility index (Phi) is 4.80. The molecule has 17 heavy (non-hydrogen) atoms. The van der Waals surface area contributed by atoms with Gasteiger partial charge in [-0.25, -0.2) is 0 Å². The van der Waals surface area contributed by atoms with Crippen molar-refractivity contribution in [1.82, 2.24) is 10.2 Å². The molecule has 6 N–H and O–H groups in total. The van der Waals surface area contributed by atoms with Crippen LogP contribution < -0.4 is 5.32 Å². The zero-order valence-corrected chi connectivity index (χ0v) is 9.39. The molecule has 5 atom stereocenters. The van der Waals surface area contributed by atoms with E-state index >= 15 is 0 Å². The molecule has 1 aliphatic rings. The number of likely N-dealkylation sites (tertiary alicyclic amines) is 1. The van der Waals surface area contributed by atoms with E-state index in [1.54, 1.807) is 0 Å². The number of amides is 1. The molecule has 1 amide bonds. The molecule has 0 aromatic heterocycles. The number of aliphatic hydroxyl groups is 5. The normalized spacial score (nSPS) is 39.1. The van der Waals surface area contributed by atoms with E-state index in [9.17, 15) is 25.2 Å². The summed E-state index contributed by atoms with van der Waals surface area (Å²) in [6.45, 7) is 0.593. The maximum Gasteiger partial charge on any atom is 0.217 e. The second-order valence-electron chi connectivity index (χ2n) is 4.04. The standard InChI is InChI=1S/C9H18N2O6/c1-4(13)10-3-11-5(2-12)6(14)7(15)8(16)9(11)17/h5-9,12,14-17H,2-3H2,1H3,(H,10,13)/t5-,6-,7+,8-,9?/m1/s1. The van der Waals surface area contributed by atoms with Gasteiger partial charge in [0.2, 0.25) is 5.91 Å². The van der Waals surface area contributed by atoms with Crippen LogP contribution in [0.15, 0.2) is 0 Å². The summed E-state index contributed by atoms with van der Waals surface area (Å²) in [6.07, 6.45) is -6.00. The molecule has 8 heteroatoms. The van der Waals surface area contributed by atoms with Crippen molar-refractivity contribution in [3.05, 3.63) is 0 Å². The summed E-state index contributed by atoms with van der Waals surface area (Å²) in [6, 6.07) is -0.963. The molecule has 1 fully saturated rings. The Morgan fingerprint density at radius 1 is 1.18 bits per heavy atom. The first-order valence-electron chi connectivity index (χ1n) is 5.23. The molecule has 8 nitrogen and oxygen atoms in total. The molecule has 0 spiro atoms. The summed E-state index contributed by atoms with van der Waals surface area (Å²) < 4.78 is 0. The lowest BCUT2D eigenvalue weighted by Crippen LogP contribution is -2.68. The van der Waals surface area contributed by atoms with E-state index in [0.717, 1.165) is 4.90 Å². The molecule has 1 unspecified atom stereocenters. The van der Waals surface area contributed by atoms with Gasteiger partial charge in [-0.1, -0.05) is 0 Å².